The molecule has 1 aromatic heterocycles. The number of aromatic nitrogens is 1. The van der Waals surface area contributed by atoms with E-state index >= 15 is 0 Å². The lowest BCUT2D eigenvalue weighted by molar-refractivity contribution is 0.105. The molecular formula is C18H13NO2S. The van der Waals surface area contributed by atoms with Gasteiger partial charge in [-0.3, -0.25) is 4.79 Å². The van der Waals surface area contributed by atoms with E-state index in [-0.39, 0.29) is 11.5 Å². The van der Waals surface area contributed by atoms with E-state index in [1.807, 2.05) is 36.4 Å². The van der Waals surface area contributed by atoms with Crippen LogP contribution in [0.25, 0.3) is 16.6 Å². The first kappa shape index (κ1) is 14.2. The first-order chi connectivity index (χ1) is 10.7. The zero-order chi connectivity index (χ0) is 15.4. The van der Waals surface area contributed by atoms with Crippen LogP contribution in [0.1, 0.15) is 15.2 Å². The van der Waals surface area contributed by atoms with Crippen LogP contribution in [-0.4, -0.2) is 15.9 Å². The molecule has 0 saturated heterocycles. The van der Waals surface area contributed by atoms with Gasteiger partial charge >= 0.3 is 0 Å². The number of hydrogen-bond donors (Lipinski definition) is 1. The van der Waals surface area contributed by atoms with Gasteiger partial charge in [0.15, 0.2) is 5.78 Å². The maximum Gasteiger partial charge on any atom is 0.197 e. The van der Waals surface area contributed by atoms with Crippen molar-refractivity contribution in [1.82, 2.24) is 4.98 Å². The fourth-order valence-electron chi connectivity index (χ4n) is 1.98. The number of phenols is 1. The first-order valence-electron chi connectivity index (χ1n) is 6.75. The third-order valence-electron chi connectivity index (χ3n) is 3.07. The van der Waals surface area contributed by atoms with Gasteiger partial charge in [0, 0.05) is 11.8 Å². The minimum absolute atomic E-state index is 0.0762. The summed E-state index contributed by atoms with van der Waals surface area (Å²) in [6.45, 7) is 0. The zero-order valence-electron chi connectivity index (χ0n) is 11.6. The molecule has 0 atom stereocenters. The Hall–Kier alpha value is -2.72. The Kier molecular flexibility index (Phi) is 4.12. The Bertz CT molecular complexity index is 822. The summed E-state index contributed by atoms with van der Waals surface area (Å²) in [5.74, 6) is 0.109. The number of benzene rings is 2. The molecule has 0 aliphatic heterocycles. The monoisotopic (exact) mass is 307 g/mol. The smallest absolute Gasteiger partial charge is 0.197 e. The highest BCUT2D eigenvalue weighted by Gasteiger charge is 2.09. The van der Waals surface area contributed by atoms with Crippen LogP contribution in [0, 0.1) is 0 Å². The number of aromatic hydroxyl groups is 1. The second-order valence-electron chi connectivity index (χ2n) is 4.69. The number of carbonyl (C=O) groups excluding carboxylic acids is 1. The quantitative estimate of drug-likeness (QED) is 0.573. The number of phenolic OH excluding ortho intramolecular Hbond substituents is 1. The van der Waals surface area contributed by atoms with Crippen molar-refractivity contribution in [3.63, 3.8) is 0 Å². The van der Waals surface area contributed by atoms with Crippen LogP contribution in [0.15, 0.2) is 66.9 Å². The molecule has 108 valence electrons. The molecule has 1 N–H and O–H groups in total. The van der Waals surface area contributed by atoms with E-state index < -0.39 is 0 Å². The summed E-state index contributed by atoms with van der Waals surface area (Å²) in [6.07, 6.45) is 4.91. The number of hydrogen-bond acceptors (Lipinski definition) is 4. The van der Waals surface area contributed by atoms with Crippen LogP contribution < -0.4 is 0 Å². The van der Waals surface area contributed by atoms with Gasteiger partial charge in [0.25, 0.3) is 0 Å². The van der Waals surface area contributed by atoms with Gasteiger partial charge in [-0.05, 0) is 23.8 Å². The Morgan fingerprint density at radius 2 is 1.91 bits per heavy atom. The zero-order valence-corrected chi connectivity index (χ0v) is 12.5. The average molecular weight is 307 g/mol. The molecule has 1 heterocycles. The molecule has 0 amide bonds. The summed E-state index contributed by atoms with van der Waals surface area (Å²) in [5, 5.41) is 10.2. The summed E-state index contributed by atoms with van der Waals surface area (Å²) >= 11 is 1.31. The molecule has 3 nitrogen and oxygen atoms in total. The van der Waals surface area contributed by atoms with Gasteiger partial charge in [-0.25, -0.2) is 4.98 Å². The molecule has 4 heteroatoms. The van der Waals surface area contributed by atoms with Crippen molar-refractivity contribution in [2.75, 3.05) is 0 Å². The molecule has 0 saturated carbocycles. The number of nitrogens with zero attached hydrogens (tertiary/aromatic N) is 1. The van der Waals surface area contributed by atoms with Crippen LogP contribution in [0.4, 0.5) is 0 Å². The van der Waals surface area contributed by atoms with Gasteiger partial charge in [0.05, 0.1) is 4.88 Å². The normalized spacial score (nSPS) is 10.9. The second-order valence-corrected chi connectivity index (χ2v) is 5.72. The van der Waals surface area contributed by atoms with Crippen molar-refractivity contribution < 1.29 is 9.90 Å². The van der Waals surface area contributed by atoms with E-state index in [0.29, 0.717) is 9.88 Å². The molecule has 0 spiro atoms. The van der Waals surface area contributed by atoms with Gasteiger partial charge in [-0.1, -0.05) is 48.5 Å². The van der Waals surface area contributed by atoms with Crippen LogP contribution in [0.2, 0.25) is 0 Å². The van der Waals surface area contributed by atoms with E-state index in [2.05, 4.69) is 4.98 Å². The minimum Gasteiger partial charge on any atom is -0.508 e. The Morgan fingerprint density at radius 1 is 1.09 bits per heavy atom. The fraction of sp³-hybridized carbons (Fsp3) is 0. The van der Waals surface area contributed by atoms with Crippen molar-refractivity contribution in [1.29, 1.82) is 0 Å². The van der Waals surface area contributed by atoms with Gasteiger partial charge in [-0.2, -0.15) is 0 Å². The summed E-state index contributed by atoms with van der Waals surface area (Å²) < 4.78 is 0. The first-order valence-corrected chi connectivity index (χ1v) is 7.57. The van der Waals surface area contributed by atoms with E-state index in [1.54, 1.807) is 36.5 Å². The van der Waals surface area contributed by atoms with Crippen molar-refractivity contribution in [2.45, 2.75) is 0 Å². The predicted molar refractivity (Wildman–Crippen MR) is 89.0 cm³/mol. The van der Waals surface area contributed by atoms with Gasteiger partial charge in [0.1, 0.15) is 10.8 Å². The summed E-state index contributed by atoms with van der Waals surface area (Å²) in [4.78, 5) is 17.0. The lowest BCUT2D eigenvalue weighted by atomic mass is 10.2. The van der Waals surface area contributed by atoms with E-state index in [9.17, 15) is 9.90 Å². The third kappa shape index (κ3) is 3.30. The number of allylic oxidation sites excluding steroid dienone is 1. The molecule has 0 aliphatic rings. The number of ketones is 1. The summed E-state index contributed by atoms with van der Waals surface area (Å²) in [6, 6.07) is 16.5. The molecule has 3 aromatic rings. The number of carbonyl (C=O) groups is 1. The molecule has 0 aliphatic carbocycles. The fourth-order valence-corrected chi connectivity index (χ4v) is 2.81. The van der Waals surface area contributed by atoms with Crippen LogP contribution in [-0.2, 0) is 0 Å². The van der Waals surface area contributed by atoms with Crippen molar-refractivity contribution in [2.24, 2.45) is 0 Å². The van der Waals surface area contributed by atoms with Gasteiger partial charge < -0.3 is 5.11 Å². The Balaban J connectivity index is 1.79. The Labute approximate surface area is 132 Å². The van der Waals surface area contributed by atoms with E-state index in [4.69, 9.17) is 0 Å². The number of rotatable bonds is 4. The van der Waals surface area contributed by atoms with E-state index in [0.717, 1.165) is 11.1 Å². The highest BCUT2D eigenvalue weighted by atomic mass is 32.1. The Morgan fingerprint density at radius 3 is 2.68 bits per heavy atom. The molecule has 0 unspecified atom stereocenters. The highest BCUT2D eigenvalue weighted by Crippen LogP contribution is 2.27. The van der Waals surface area contributed by atoms with Gasteiger partial charge in [0.2, 0.25) is 0 Å². The third-order valence-corrected chi connectivity index (χ3v) is 4.13. The maximum absolute atomic E-state index is 12.2. The molecule has 0 fully saturated rings. The average Bonchev–Trinajstić information content (AvgIpc) is 3.04. The lowest BCUT2D eigenvalue weighted by Crippen LogP contribution is -1.88. The number of thiazole rings is 1. The molecule has 0 bridgehead atoms. The maximum atomic E-state index is 12.2. The van der Waals surface area contributed by atoms with Crippen LogP contribution >= 0.6 is 11.3 Å². The molecule has 0 radical (unpaired) electrons. The SMILES string of the molecule is O=C(C=Cc1ccccc1)c1cnc(-c2cccc(O)c2)s1. The van der Waals surface area contributed by atoms with Crippen molar-refractivity contribution in [3.8, 4) is 16.3 Å². The second kappa shape index (κ2) is 6.37. The molecule has 3 rings (SSSR count). The van der Waals surface area contributed by atoms with Crippen LogP contribution in [0.5, 0.6) is 5.75 Å². The minimum atomic E-state index is -0.0762. The van der Waals surface area contributed by atoms with Gasteiger partial charge in [-0.15, -0.1) is 11.3 Å². The molecular weight excluding hydrogens is 294 g/mol. The van der Waals surface area contributed by atoms with E-state index in [1.165, 1.54) is 11.3 Å². The molecule has 2 aromatic carbocycles. The van der Waals surface area contributed by atoms with Crippen molar-refractivity contribution in [3.05, 3.63) is 77.3 Å². The van der Waals surface area contributed by atoms with Crippen molar-refractivity contribution >= 4 is 23.2 Å². The topological polar surface area (TPSA) is 50.2 Å². The lowest BCUT2D eigenvalue weighted by Gasteiger charge is -1.96. The summed E-state index contributed by atoms with van der Waals surface area (Å²) in [5.41, 5.74) is 1.78. The standard InChI is InChI=1S/C18H13NO2S/c20-15-8-4-7-14(11-15)18-19-12-17(22-18)16(21)10-9-13-5-2-1-3-6-13/h1-12,20H. The molecule has 22 heavy (non-hydrogen) atoms. The summed E-state index contributed by atoms with van der Waals surface area (Å²) in [7, 11) is 0. The van der Waals surface area contributed by atoms with Crippen LogP contribution in [0.3, 0.4) is 0 Å². The highest BCUT2D eigenvalue weighted by molar-refractivity contribution is 7.17. The largest absolute Gasteiger partial charge is 0.508 e. The predicted octanol–water partition coefficient (Wildman–Crippen LogP) is 4.41.